The standard InChI is InChI=1S/C15H18BrFN2/c1-3-5-10-9-13(18-8-4-2)14-12(17)7-6-11(16)15(14)19-10/h6-7,9H,3-5,8H2,1-2H3,(H,18,19). The number of aryl methyl sites for hydroxylation is 1. The smallest absolute Gasteiger partial charge is 0.134 e. The maximum absolute atomic E-state index is 14.1. The fraction of sp³-hybridized carbons (Fsp3) is 0.400. The first-order valence-electron chi connectivity index (χ1n) is 6.68. The highest BCUT2D eigenvalue weighted by Crippen LogP contribution is 2.31. The third-order valence-corrected chi connectivity index (χ3v) is 3.63. The quantitative estimate of drug-likeness (QED) is 0.845. The van der Waals surface area contributed by atoms with E-state index in [1.165, 1.54) is 6.07 Å². The van der Waals surface area contributed by atoms with E-state index in [0.29, 0.717) is 10.9 Å². The van der Waals surface area contributed by atoms with E-state index in [1.807, 2.05) is 6.07 Å². The topological polar surface area (TPSA) is 24.9 Å². The minimum absolute atomic E-state index is 0.229. The van der Waals surface area contributed by atoms with Crippen molar-refractivity contribution in [1.29, 1.82) is 0 Å². The van der Waals surface area contributed by atoms with Gasteiger partial charge in [-0.05, 0) is 47.0 Å². The SMILES string of the molecule is CCCNc1cc(CCC)nc2c(Br)ccc(F)c12. The molecule has 2 aromatic rings. The summed E-state index contributed by atoms with van der Waals surface area (Å²) >= 11 is 3.46. The molecule has 2 rings (SSSR count). The van der Waals surface area contributed by atoms with Crippen molar-refractivity contribution in [3.8, 4) is 0 Å². The van der Waals surface area contributed by atoms with Crippen LogP contribution < -0.4 is 5.32 Å². The molecule has 0 aliphatic carbocycles. The van der Waals surface area contributed by atoms with Gasteiger partial charge in [0, 0.05) is 22.4 Å². The van der Waals surface area contributed by atoms with Crippen LogP contribution in [0.2, 0.25) is 0 Å². The van der Waals surface area contributed by atoms with Gasteiger partial charge in [0.25, 0.3) is 0 Å². The molecule has 0 saturated carbocycles. The van der Waals surface area contributed by atoms with Crippen LogP contribution in [0, 0.1) is 5.82 Å². The number of nitrogens with zero attached hydrogens (tertiary/aromatic N) is 1. The highest BCUT2D eigenvalue weighted by Gasteiger charge is 2.12. The Bertz CT molecular complexity index is 584. The van der Waals surface area contributed by atoms with Gasteiger partial charge in [0.2, 0.25) is 0 Å². The Hall–Kier alpha value is -1.16. The van der Waals surface area contributed by atoms with E-state index >= 15 is 0 Å². The maximum Gasteiger partial charge on any atom is 0.134 e. The van der Waals surface area contributed by atoms with Gasteiger partial charge in [-0.1, -0.05) is 20.3 Å². The van der Waals surface area contributed by atoms with E-state index < -0.39 is 0 Å². The van der Waals surface area contributed by atoms with Gasteiger partial charge in [-0.2, -0.15) is 0 Å². The van der Waals surface area contributed by atoms with Crippen molar-refractivity contribution in [2.24, 2.45) is 0 Å². The fourth-order valence-corrected chi connectivity index (χ4v) is 2.52. The summed E-state index contributed by atoms with van der Waals surface area (Å²) in [6, 6.07) is 5.16. The van der Waals surface area contributed by atoms with Crippen LogP contribution >= 0.6 is 15.9 Å². The Balaban J connectivity index is 2.63. The zero-order valence-electron chi connectivity index (χ0n) is 11.3. The van der Waals surface area contributed by atoms with Crippen LogP contribution in [0.15, 0.2) is 22.7 Å². The number of anilines is 1. The molecule has 1 heterocycles. The molecular weight excluding hydrogens is 307 g/mol. The van der Waals surface area contributed by atoms with E-state index in [0.717, 1.165) is 41.7 Å². The molecule has 4 heteroatoms. The molecule has 1 aromatic heterocycles. The Labute approximate surface area is 121 Å². The minimum atomic E-state index is -0.229. The number of nitrogens with one attached hydrogen (secondary N) is 1. The molecule has 0 radical (unpaired) electrons. The highest BCUT2D eigenvalue weighted by atomic mass is 79.9. The second-order valence-corrected chi connectivity index (χ2v) is 5.45. The number of benzene rings is 1. The number of aromatic nitrogens is 1. The molecular formula is C15H18BrFN2. The molecule has 0 aliphatic rings. The van der Waals surface area contributed by atoms with Crippen LogP contribution in [0.1, 0.15) is 32.4 Å². The molecule has 1 N–H and O–H groups in total. The Morgan fingerprint density at radius 3 is 2.74 bits per heavy atom. The lowest BCUT2D eigenvalue weighted by Gasteiger charge is -2.12. The number of halogens is 2. The summed E-state index contributed by atoms with van der Waals surface area (Å²) in [5.74, 6) is -0.229. The molecule has 1 aromatic carbocycles. The molecule has 0 unspecified atom stereocenters. The van der Waals surface area contributed by atoms with Crippen molar-refractivity contribution in [2.45, 2.75) is 33.1 Å². The van der Waals surface area contributed by atoms with Crippen LogP contribution in [0.25, 0.3) is 10.9 Å². The van der Waals surface area contributed by atoms with Gasteiger partial charge in [-0.25, -0.2) is 4.39 Å². The highest BCUT2D eigenvalue weighted by molar-refractivity contribution is 9.10. The molecule has 0 bridgehead atoms. The van der Waals surface area contributed by atoms with Crippen LogP contribution in [-0.2, 0) is 6.42 Å². The fourth-order valence-electron chi connectivity index (χ4n) is 2.10. The Kier molecular flexibility index (Phi) is 4.75. The molecule has 0 spiro atoms. The number of rotatable bonds is 5. The zero-order valence-corrected chi connectivity index (χ0v) is 12.8. The molecule has 102 valence electrons. The zero-order chi connectivity index (χ0) is 13.8. The van der Waals surface area contributed by atoms with E-state index in [1.54, 1.807) is 6.07 Å². The lowest BCUT2D eigenvalue weighted by molar-refractivity contribution is 0.639. The summed E-state index contributed by atoms with van der Waals surface area (Å²) in [6.45, 7) is 5.04. The van der Waals surface area contributed by atoms with Crippen LogP contribution in [0.3, 0.4) is 0 Å². The summed E-state index contributed by atoms with van der Waals surface area (Å²) in [6.07, 6.45) is 2.93. The lowest BCUT2D eigenvalue weighted by Crippen LogP contribution is -2.04. The molecule has 0 saturated heterocycles. The molecule has 0 amide bonds. The largest absolute Gasteiger partial charge is 0.384 e. The van der Waals surface area contributed by atoms with Gasteiger partial charge in [0.15, 0.2) is 0 Å². The Morgan fingerprint density at radius 2 is 2.05 bits per heavy atom. The van der Waals surface area contributed by atoms with Crippen LogP contribution in [0.4, 0.5) is 10.1 Å². The number of hydrogen-bond donors (Lipinski definition) is 1. The van der Waals surface area contributed by atoms with E-state index in [4.69, 9.17) is 0 Å². The van der Waals surface area contributed by atoms with E-state index in [-0.39, 0.29) is 5.82 Å². The monoisotopic (exact) mass is 324 g/mol. The van der Waals surface area contributed by atoms with Crippen LogP contribution in [-0.4, -0.2) is 11.5 Å². The van der Waals surface area contributed by atoms with Gasteiger partial charge >= 0.3 is 0 Å². The van der Waals surface area contributed by atoms with Crippen molar-refractivity contribution in [1.82, 2.24) is 4.98 Å². The predicted octanol–water partition coefficient (Wildman–Crippen LogP) is 4.91. The van der Waals surface area contributed by atoms with Gasteiger partial charge in [0.1, 0.15) is 5.82 Å². The second kappa shape index (κ2) is 6.33. The van der Waals surface area contributed by atoms with Gasteiger partial charge in [0.05, 0.1) is 10.9 Å². The average molecular weight is 325 g/mol. The van der Waals surface area contributed by atoms with Crippen molar-refractivity contribution < 1.29 is 4.39 Å². The van der Waals surface area contributed by atoms with Gasteiger partial charge in [-0.3, -0.25) is 4.98 Å². The lowest BCUT2D eigenvalue weighted by atomic mass is 10.1. The minimum Gasteiger partial charge on any atom is -0.384 e. The third-order valence-electron chi connectivity index (χ3n) is 2.99. The summed E-state index contributed by atoms with van der Waals surface area (Å²) in [5.41, 5.74) is 2.54. The molecule has 19 heavy (non-hydrogen) atoms. The molecule has 2 nitrogen and oxygen atoms in total. The average Bonchev–Trinajstić information content (AvgIpc) is 2.40. The van der Waals surface area contributed by atoms with Gasteiger partial charge in [-0.15, -0.1) is 0 Å². The van der Waals surface area contributed by atoms with E-state index in [9.17, 15) is 4.39 Å². The van der Waals surface area contributed by atoms with Gasteiger partial charge < -0.3 is 5.32 Å². The van der Waals surface area contributed by atoms with Crippen molar-refractivity contribution in [3.05, 3.63) is 34.2 Å². The predicted molar refractivity (Wildman–Crippen MR) is 82.2 cm³/mol. The first kappa shape index (κ1) is 14.3. The number of fused-ring (bicyclic) bond motifs is 1. The van der Waals surface area contributed by atoms with E-state index in [2.05, 4.69) is 40.1 Å². The summed E-state index contributed by atoms with van der Waals surface area (Å²) < 4.78 is 14.9. The summed E-state index contributed by atoms with van der Waals surface area (Å²) in [5, 5.41) is 3.88. The van der Waals surface area contributed by atoms with Crippen molar-refractivity contribution >= 4 is 32.5 Å². The third kappa shape index (κ3) is 3.06. The maximum atomic E-state index is 14.1. The second-order valence-electron chi connectivity index (χ2n) is 4.59. The molecule has 0 fully saturated rings. The molecule has 0 aliphatic heterocycles. The first-order valence-corrected chi connectivity index (χ1v) is 7.48. The number of pyridine rings is 1. The summed E-state index contributed by atoms with van der Waals surface area (Å²) in [4.78, 5) is 4.57. The van der Waals surface area contributed by atoms with Crippen molar-refractivity contribution in [3.63, 3.8) is 0 Å². The van der Waals surface area contributed by atoms with Crippen LogP contribution in [0.5, 0.6) is 0 Å². The number of hydrogen-bond acceptors (Lipinski definition) is 2. The first-order chi connectivity index (χ1) is 9.17. The normalized spacial score (nSPS) is 10.9. The summed E-state index contributed by atoms with van der Waals surface area (Å²) in [7, 11) is 0. The Morgan fingerprint density at radius 1 is 1.26 bits per heavy atom. The van der Waals surface area contributed by atoms with Crippen molar-refractivity contribution in [2.75, 3.05) is 11.9 Å². The molecule has 0 atom stereocenters.